The van der Waals surface area contributed by atoms with Crippen molar-refractivity contribution >= 4 is 15.7 Å². The predicted molar refractivity (Wildman–Crippen MR) is 73.3 cm³/mol. The van der Waals surface area contributed by atoms with Gasteiger partial charge in [-0.2, -0.15) is 0 Å². The SMILES string of the molecule is CCNc1ccc(S(=O)(=O)NN2CCOCC2)cc1. The van der Waals surface area contributed by atoms with Gasteiger partial charge in [0.1, 0.15) is 0 Å². The first-order valence-corrected chi connectivity index (χ1v) is 7.79. The summed E-state index contributed by atoms with van der Waals surface area (Å²) in [6.45, 7) is 5.01. The summed E-state index contributed by atoms with van der Waals surface area (Å²) in [7, 11) is -3.50. The maximum atomic E-state index is 12.2. The molecule has 1 saturated heterocycles. The van der Waals surface area contributed by atoms with Gasteiger partial charge in [0.05, 0.1) is 18.1 Å². The van der Waals surface area contributed by atoms with Crippen molar-refractivity contribution < 1.29 is 13.2 Å². The molecule has 2 rings (SSSR count). The second-order valence-electron chi connectivity index (χ2n) is 4.25. The fourth-order valence-corrected chi connectivity index (χ4v) is 2.96. The van der Waals surface area contributed by atoms with E-state index in [1.54, 1.807) is 29.3 Å². The predicted octanol–water partition coefficient (Wildman–Crippen LogP) is 0.644. The lowest BCUT2D eigenvalue weighted by molar-refractivity contribution is 0.0272. The van der Waals surface area contributed by atoms with Gasteiger partial charge in [-0.3, -0.25) is 0 Å². The van der Waals surface area contributed by atoms with Gasteiger partial charge < -0.3 is 10.1 Å². The molecule has 0 amide bonds. The molecule has 0 radical (unpaired) electrons. The molecule has 1 aliphatic rings. The zero-order valence-electron chi connectivity index (χ0n) is 10.9. The molecule has 0 saturated carbocycles. The summed E-state index contributed by atoms with van der Waals surface area (Å²) >= 11 is 0. The van der Waals surface area contributed by atoms with Crippen LogP contribution in [0.3, 0.4) is 0 Å². The average Bonchev–Trinajstić information content (AvgIpc) is 2.40. The van der Waals surface area contributed by atoms with Crippen LogP contribution < -0.4 is 10.1 Å². The minimum atomic E-state index is -3.50. The lowest BCUT2D eigenvalue weighted by Crippen LogP contribution is -2.48. The van der Waals surface area contributed by atoms with Crippen molar-refractivity contribution in [1.29, 1.82) is 0 Å². The van der Waals surface area contributed by atoms with E-state index in [2.05, 4.69) is 10.1 Å². The normalized spacial score (nSPS) is 17.3. The van der Waals surface area contributed by atoms with Crippen LogP contribution in [-0.4, -0.2) is 46.3 Å². The third-order valence-electron chi connectivity index (χ3n) is 2.81. The Balaban J connectivity index is 2.05. The van der Waals surface area contributed by atoms with E-state index in [4.69, 9.17) is 4.74 Å². The molecule has 1 heterocycles. The second-order valence-corrected chi connectivity index (χ2v) is 5.91. The Morgan fingerprint density at radius 1 is 1.21 bits per heavy atom. The monoisotopic (exact) mass is 285 g/mol. The van der Waals surface area contributed by atoms with Crippen LogP contribution in [-0.2, 0) is 14.8 Å². The average molecular weight is 285 g/mol. The molecular formula is C12H19N3O3S. The molecule has 1 aromatic rings. The van der Waals surface area contributed by atoms with E-state index in [1.165, 1.54) is 0 Å². The molecule has 0 unspecified atom stereocenters. The standard InChI is InChI=1S/C12H19N3O3S/c1-2-13-11-3-5-12(6-4-11)19(16,17)14-15-7-9-18-10-8-15/h3-6,13-14H,2,7-10H2,1H3. The highest BCUT2D eigenvalue weighted by Crippen LogP contribution is 2.14. The molecular weight excluding hydrogens is 266 g/mol. The van der Waals surface area contributed by atoms with Crippen LogP contribution in [0.15, 0.2) is 29.2 Å². The number of sulfonamides is 1. The highest BCUT2D eigenvalue weighted by Gasteiger charge is 2.19. The smallest absolute Gasteiger partial charge is 0.253 e. The molecule has 0 bridgehead atoms. The van der Waals surface area contributed by atoms with Crippen molar-refractivity contribution in [2.45, 2.75) is 11.8 Å². The second kappa shape index (κ2) is 6.33. The number of hydrogen-bond donors (Lipinski definition) is 2. The minimum Gasteiger partial charge on any atom is -0.385 e. The number of benzene rings is 1. The van der Waals surface area contributed by atoms with Gasteiger partial charge >= 0.3 is 0 Å². The topological polar surface area (TPSA) is 70.7 Å². The van der Waals surface area contributed by atoms with Crippen LogP contribution >= 0.6 is 0 Å². The van der Waals surface area contributed by atoms with Crippen molar-refractivity contribution in [2.24, 2.45) is 0 Å². The summed E-state index contributed by atoms with van der Waals surface area (Å²) in [6.07, 6.45) is 0. The highest BCUT2D eigenvalue weighted by molar-refractivity contribution is 7.89. The first-order valence-electron chi connectivity index (χ1n) is 6.31. The van der Waals surface area contributed by atoms with Gasteiger partial charge in [-0.1, -0.05) is 0 Å². The third kappa shape index (κ3) is 3.90. The largest absolute Gasteiger partial charge is 0.385 e. The maximum absolute atomic E-state index is 12.2. The molecule has 6 nitrogen and oxygen atoms in total. The number of rotatable bonds is 5. The summed E-state index contributed by atoms with van der Waals surface area (Å²) in [5, 5.41) is 4.79. The summed E-state index contributed by atoms with van der Waals surface area (Å²) in [4.78, 5) is 2.83. The van der Waals surface area contributed by atoms with Gasteiger partial charge in [-0.25, -0.2) is 13.4 Å². The Morgan fingerprint density at radius 3 is 2.42 bits per heavy atom. The number of ether oxygens (including phenoxy) is 1. The number of anilines is 1. The molecule has 1 fully saturated rings. The van der Waals surface area contributed by atoms with E-state index in [0.717, 1.165) is 12.2 Å². The molecule has 19 heavy (non-hydrogen) atoms. The molecule has 0 aromatic heterocycles. The molecule has 2 N–H and O–H groups in total. The van der Waals surface area contributed by atoms with Gasteiger partial charge in [-0.05, 0) is 31.2 Å². The van der Waals surface area contributed by atoms with E-state index < -0.39 is 10.0 Å². The van der Waals surface area contributed by atoms with Gasteiger partial charge in [0.25, 0.3) is 10.0 Å². The number of hydrazine groups is 1. The van der Waals surface area contributed by atoms with E-state index in [1.807, 2.05) is 6.92 Å². The first kappa shape index (κ1) is 14.3. The number of nitrogens with zero attached hydrogens (tertiary/aromatic N) is 1. The van der Waals surface area contributed by atoms with Crippen LogP contribution in [0.4, 0.5) is 5.69 Å². The summed E-state index contributed by atoms with van der Waals surface area (Å²) < 4.78 is 29.5. The molecule has 0 atom stereocenters. The van der Waals surface area contributed by atoms with E-state index in [9.17, 15) is 8.42 Å². The fourth-order valence-electron chi connectivity index (χ4n) is 1.83. The lowest BCUT2D eigenvalue weighted by Gasteiger charge is -2.26. The van der Waals surface area contributed by atoms with Crippen LogP contribution in [0.2, 0.25) is 0 Å². The van der Waals surface area contributed by atoms with E-state index in [-0.39, 0.29) is 4.90 Å². The lowest BCUT2D eigenvalue weighted by atomic mass is 10.3. The quantitative estimate of drug-likeness (QED) is 0.831. The zero-order valence-corrected chi connectivity index (χ0v) is 11.7. The number of morpholine rings is 1. The van der Waals surface area contributed by atoms with E-state index in [0.29, 0.717) is 26.3 Å². The third-order valence-corrected chi connectivity index (χ3v) is 4.20. The fraction of sp³-hybridized carbons (Fsp3) is 0.500. The molecule has 1 aromatic carbocycles. The van der Waals surface area contributed by atoms with Gasteiger partial charge in [0, 0.05) is 25.3 Å². The number of nitrogens with one attached hydrogen (secondary N) is 2. The van der Waals surface area contributed by atoms with Crippen molar-refractivity contribution in [1.82, 2.24) is 9.84 Å². The Hall–Kier alpha value is -1.15. The van der Waals surface area contributed by atoms with Crippen molar-refractivity contribution in [3.8, 4) is 0 Å². The summed E-state index contributed by atoms with van der Waals surface area (Å²) in [6, 6.07) is 6.72. The van der Waals surface area contributed by atoms with Crippen molar-refractivity contribution in [3.05, 3.63) is 24.3 Å². The first-order chi connectivity index (χ1) is 9.12. The number of hydrogen-bond acceptors (Lipinski definition) is 5. The van der Waals surface area contributed by atoms with E-state index >= 15 is 0 Å². The summed E-state index contributed by atoms with van der Waals surface area (Å²) in [5.41, 5.74) is 0.910. The van der Waals surface area contributed by atoms with Gasteiger partial charge in [0.2, 0.25) is 0 Å². The molecule has 0 aliphatic carbocycles. The minimum absolute atomic E-state index is 0.264. The summed E-state index contributed by atoms with van der Waals surface area (Å²) in [5.74, 6) is 0. The Morgan fingerprint density at radius 2 is 1.84 bits per heavy atom. The highest BCUT2D eigenvalue weighted by atomic mass is 32.2. The van der Waals surface area contributed by atoms with Crippen LogP contribution in [0.25, 0.3) is 0 Å². The van der Waals surface area contributed by atoms with Crippen molar-refractivity contribution in [3.63, 3.8) is 0 Å². The Bertz CT molecular complexity index is 495. The molecule has 7 heteroatoms. The molecule has 1 aliphatic heterocycles. The maximum Gasteiger partial charge on any atom is 0.253 e. The van der Waals surface area contributed by atoms with Gasteiger partial charge in [-0.15, -0.1) is 4.83 Å². The van der Waals surface area contributed by atoms with Crippen molar-refractivity contribution in [2.75, 3.05) is 38.2 Å². The van der Waals surface area contributed by atoms with Crippen LogP contribution in [0.1, 0.15) is 6.92 Å². The Kier molecular flexibility index (Phi) is 4.76. The van der Waals surface area contributed by atoms with Crippen LogP contribution in [0, 0.1) is 0 Å². The Labute approximate surface area is 113 Å². The van der Waals surface area contributed by atoms with Crippen LogP contribution in [0.5, 0.6) is 0 Å². The van der Waals surface area contributed by atoms with Gasteiger partial charge in [0.15, 0.2) is 0 Å². The zero-order chi connectivity index (χ0) is 13.7. The molecule has 0 spiro atoms. The molecule has 106 valence electrons.